The van der Waals surface area contributed by atoms with Crippen molar-refractivity contribution >= 4 is 11.8 Å². The van der Waals surface area contributed by atoms with Crippen LogP contribution >= 0.6 is 11.8 Å². The van der Waals surface area contributed by atoms with Gasteiger partial charge in [-0.05, 0) is 25.0 Å². The van der Waals surface area contributed by atoms with E-state index >= 15 is 0 Å². The van der Waals surface area contributed by atoms with Crippen molar-refractivity contribution in [2.75, 3.05) is 18.8 Å². The van der Waals surface area contributed by atoms with Gasteiger partial charge in [0, 0.05) is 48.6 Å². The summed E-state index contributed by atoms with van der Waals surface area (Å²) in [5.41, 5.74) is 2.18. The molecule has 0 amide bonds. The van der Waals surface area contributed by atoms with Crippen molar-refractivity contribution in [3.05, 3.63) is 47.6 Å². The van der Waals surface area contributed by atoms with Crippen molar-refractivity contribution in [2.45, 2.75) is 37.3 Å². The fraction of sp³-hybridized carbons (Fsp3) is 0.529. The van der Waals surface area contributed by atoms with Crippen LogP contribution in [0.15, 0.2) is 35.1 Å². The zero-order chi connectivity index (χ0) is 15.7. The Morgan fingerprint density at radius 3 is 3.13 bits per heavy atom. The van der Waals surface area contributed by atoms with Crippen LogP contribution in [0.3, 0.4) is 0 Å². The molecule has 1 atom stereocenters. The molecule has 2 saturated heterocycles. The van der Waals surface area contributed by atoms with E-state index in [0.717, 1.165) is 48.8 Å². The van der Waals surface area contributed by atoms with Gasteiger partial charge in [0.05, 0.1) is 18.4 Å². The standard InChI is InChI=1S/C17H21N3O2S/c1-13-5-15(19-22-13)8-20-11-17(12-20)6-16(10-23-17)21-9-14-3-2-4-18-7-14/h2-5,7,16H,6,8-12H2,1H3/t16-/m0/s1. The van der Waals surface area contributed by atoms with E-state index in [1.54, 1.807) is 6.20 Å². The number of aryl methyl sites for hydroxylation is 1. The van der Waals surface area contributed by atoms with Crippen molar-refractivity contribution in [3.63, 3.8) is 0 Å². The van der Waals surface area contributed by atoms with Crippen molar-refractivity contribution in [1.29, 1.82) is 0 Å². The van der Waals surface area contributed by atoms with Gasteiger partial charge in [0.1, 0.15) is 5.76 Å². The van der Waals surface area contributed by atoms with E-state index in [1.165, 1.54) is 0 Å². The second-order valence-corrected chi connectivity index (χ2v) is 8.05. The molecule has 2 aromatic rings. The summed E-state index contributed by atoms with van der Waals surface area (Å²) >= 11 is 2.07. The average molecular weight is 331 g/mol. The molecule has 0 unspecified atom stereocenters. The zero-order valence-corrected chi connectivity index (χ0v) is 14.1. The maximum atomic E-state index is 6.07. The molecule has 2 fully saturated rings. The predicted octanol–water partition coefficient (Wildman–Crippen LogP) is 2.65. The normalized spacial score (nSPS) is 23.3. The van der Waals surface area contributed by atoms with Crippen LogP contribution in [0.5, 0.6) is 0 Å². The number of rotatable bonds is 5. The molecular formula is C17H21N3O2S. The number of aromatic nitrogens is 2. The van der Waals surface area contributed by atoms with Gasteiger partial charge in [-0.2, -0.15) is 0 Å². The van der Waals surface area contributed by atoms with Crippen LogP contribution in [-0.4, -0.2) is 44.7 Å². The number of ether oxygens (including phenoxy) is 1. The minimum absolute atomic E-state index is 0.358. The lowest BCUT2D eigenvalue weighted by Gasteiger charge is -2.47. The van der Waals surface area contributed by atoms with E-state index in [9.17, 15) is 0 Å². The van der Waals surface area contributed by atoms with Gasteiger partial charge in [-0.3, -0.25) is 9.88 Å². The number of pyridine rings is 1. The molecule has 5 nitrogen and oxygen atoms in total. The minimum atomic E-state index is 0.358. The molecule has 2 aliphatic heterocycles. The zero-order valence-electron chi connectivity index (χ0n) is 13.3. The third kappa shape index (κ3) is 3.44. The van der Waals surface area contributed by atoms with Crippen molar-refractivity contribution < 1.29 is 9.26 Å². The summed E-state index contributed by atoms with van der Waals surface area (Å²) in [6, 6.07) is 6.04. The quantitative estimate of drug-likeness (QED) is 0.839. The van der Waals surface area contributed by atoms with Crippen LogP contribution < -0.4 is 0 Å². The van der Waals surface area contributed by atoms with Gasteiger partial charge in [0.25, 0.3) is 0 Å². The summed E-state index contributed by atoms with van der Waals surface area (Å²) in [6.45, 7) is 5.73. The van der Waals surface area contributed by atoms with Gasteiger partial charge in [-0.1, -0.05) is 11.2 Å². The summed E-state index contributed by atoms with van der Waals surface area (Å²) in [5.74, 6) is 1.98. The molecule has 4 heterocycles. The highest BCUT2D eigenvalue weighted by molar-refractivity contribution is 8.01. The van der Waals surface area contributed by atoms with Crippen LogP contribution in [0, 0.1) is 6.92 Å². The Labute approximate surface area is 140 Å². The molecule has 1 spiro atoms. The van der Waals surface area contributed by atoms with E-state index in [0.29, 0.717) is 17.5 Å². The summed E-state index contributed by atoms with van der Waals surface area (Å²) in [7, 11) is 0. The number of hydrogen-bond donors (Lipinski definition) is 0. The summed E-state index contributed by atoms with van der Waals surface area (Å²) in [5, 5.41) is 4.08. The smallest absolute Gasteiger partial charge is 0.133 e. The van der Waals surface area contributed by atoms with Gasteiger partial charge in [-0.25, -0.2) is 0 Å². The second-order valence-electron chi connectivity index (χ2n) is 6.57. The average Bonchev–Trinajstić information content (AvgIpc) is 3.13. The van der Waals surface area contributed by atoms with E-state index in [-0.39, 0.29) is 0 Å². The monoisotopic (exact) mass is 331 g/mol. The first kappa shape index (κ1) is 15.2. The number of thioether (sulfide) groups is 1. The highest BCUT2D eigenvalue weighted by atomic mass is 32.2. The third-order valence-corrected chi connectivity index (χ3v) is 6.05. The Hall–Kier alpha value is -1.37. The van der Waals surface area contributed by atoms with Crippen LogP contribution in [0.1, 0.15) is 23.4 Å². The fourth-order valence-electron chi connectivity index (χ4n) is 3.43. The molecule has 0 N–H and O–H groups in total. The Morgan fingerprint density at radius 1 is 1.48 bits per heavy atom. The predicted molar refractivity (Wildman–Crippen MR) is 89.1 cm³/mol. The molecule has 122 valence electrons. The number of hydrogen-bond acceptors (Lipinski definition) is 6. The van der Waals surface area contributed by atoms with Crippen LogP contribution in [0.2, 0.25) is 0 Å². The summed E-state index contributed by atoms with van der Waals surface area (Å²) in [6.07, 6.45) is 5.18. The van der Waals surface area contributed by atoms with E-state index in [2.05, 4.69) is 32.9 Å². The van der Waals surface area contributed by atoms with Crippen LogP contribution in [0.25, 0.3) is 0 Å². The van der Waals surface area contributed by atoms with Crippen LogP contribution in [0.4, 0.5) is 0 Å². The van der Waals surface area contributed by atoms with Gasteiger partial charge < -0.3 is 9.26 Å². The van der Waals surface area contributed by atoms with Crippen LogP contribution in [-0.2, 0) is 17.9 Å². The molecule has 23 heavy (non-hydrogen) atoms. The Balaban J connectivity index is 1.23. The Bertz CT molecular complexity index is 655. The molecule has 4 rings (SSSR count). The van der Waals surface area contributed by atoms with Crippen molar-refractivity contribution in [3.8, 4) is 0 Å². The van der Waals surface area contributed by atoms with E-state index in [4.69, 9.17) is 9.26 Å². The van der Waals surface area contributed by atoms with Gasteiger partial charge in [0.2, 0.25) is 0 Å². The lowest BCUT2D eigenvalue weighted by atomic mass is 9.93. The molecule has 2 aromatic heterocycles. The Kier molecular flexibility index (Phi) is 4.13. The van der Waals surface area contributed by atoms with Gasteiger partial charge >= 0.3 is 0 Å². The lowest BCUT2D eigenvalue weighted by molar-refractivity contribution is 0.0258. The first-order valence-electron chi connectivity index (χ1n) is 8.00. The van der Waals surface area contributed by atoms with E-state index < -0.39 is 0 Å². The minimum Gasteiger partial charge on any atom is -0.373 e. The molecular weight excluding hydrogens is 310 g/mol. The van der Waals surface area contributed by atoms with Crippen molar-refractivity contribution in [1.82, 2.24) is 15.0 Å². The topological polar surface area (TPSA) is 51.4 Å². The highest BCUT2D eigenvalue weighted by Crippen LogP contribution is 2.46. The lowest BCUT2D eigenvalue weighted by Crippen LogP contribution is -2.58. The molecule has 0 bridgehead atoms. The molecule has 0 aromatic carbocycles. The van der Waals surface area contributed by atoms with Gasteiger partial charge in [-0.15, -0.1) is 11.8 Å². The maximum absolute atomic E-state index is 6.07. The number of nitrogens with zero attached hydrogens (tertiary/aromatic N) is 3. The SMILES string of the molecule is Cc1cc(CN2CC3(C[C@H](OCc4cccnc4)CS3)C2)no1. The fourth-order valence-corrected chi connectivity index (χ4v) is 5.03. The maximum Gasteiger partial charge on any atom is 0.133 e. The van der Waals surface area contributed by atoms with Crippen molar-refractivity contribution in [2.24, 2.45) is 0 Å². The largest absolute Gasteiger partial charge is 0.373 e. The number of likely N-dealkylation sites (tertiary alicyclic amines) is 1. The molecule has 2 aliphatic rings. The molecule has 0 radical (unpaired) electrons. The second kappa shape index (κ2) is 6.26. The summed E-state index contributed by atoms with van der Waals surface area (Å²) < 4.78 is 11.6. The van der Waals surface area contributed by atoms with E-state index in [1.807, 2.05) is 25.3 Å². The third-order valence-electron chi connectivity index (χ3n) is 4.47. The molecule has 0 saturated carbocycles. The first-order chi connectivity index (χ1) is 11.2. The highest BCUT2D eigenvalue weighted by Gasteiger charge is 2.49. The van der Waals surface area contributed by atoms with Gasteiger partial charge in [0.15, 0.2) is 0 Å². The molecule has 6 heteroatoms. The first-order valence-corrected chi connectivity index (χ1v) is 8.98. The summed E-state index contributed by atoms with van der Waals surface area (Å²) in [4.78, 5) is 6.57. The Morgan fingerprint density at radius 2 is 2.39 bits per heavy atom. The molecule has 0 aliphatic carbocycles.